The van der Waals surface area contributed by atoms with Crippen LogP contribution in [0.5, 0.6) is 5.75 Å². The maximum absolute atomic E-state index is 14.7. The highest BCUT2D eigenvalue weighted by Gasteiger charge is 2.38. The molecule has 4 rings (SSSR count). The number of H-pyrrole nitrogens is 1. The van der Waals surface area contributed by atoms with E-state index in [9.17, 15) is 39.0 Å². The number of phenols is 1. The normalized spacial score (nSPS) is 14.2. The van der Waals surface area contributed by atoms with Crippen LogP contribution in [0.1, 0.15) is 56.7 Å². The number of carboxylic acid groups (broad SMARTS) is 1. The number of aliphatic carboxylic acids is 1. The van der Waals surface area contributed by atoms with Crippen LogP contribution in [-0.2, 0) is 48.0 Å². The third-order valence-electron chi connectivity index (χ3n) is 11.2. The van der Waals surface area contributed by atoms with Crippen LogP contribution in [0.25, 0.3) is 10.9 Å². The molecular weight excluding hydrogens is 793 g/mol. The number of nitrogens with two attached hydrogens (primary N) is 1. The SMILES string of the molecule is CN[C@@H](C)C(=O)N[C@@H](Cc1ccc(O)cc1)C(=O)N(C)[C@H](Cc1c[nH]c2ccccc12)C(=O)N[C@@H](CCCCN)C(=O)N[C@H](C(=O)N(C)[C@@H](Cc1ccccc1)C(=O)O)C(C)C. The summed E-state index contributed by atoms with van der Waals surface area (Å²) >= 11 is 0. The van der Waals surface area contributed by atoms with Crippen molar-refractivity contribution >= 4 is 46.4 Å². The van der Waals surface area contributed by atoms with Gasteiger partial charge in [-0.2, -0.15) is 0 Å². The molecule has 0 aliphatic rings. The van der Waals surface area contributed by atoms with Gasteiger partial charge in [0.2, 0.25) is 29.5 Å². The van der Waals surface area contributed by atoms with Gasteiger partial charge in [-0.25, -0.2) is 4.79 Å². The Kier molecular flexibility index (Phi) is 18.0. The smallest absolute Gasteiger partial charge is 0.326 e. The minimum atomic E-state index is -1.22. The first-order valence-corrected chi connectivity index (χ1v) is 21.0. The molecule has 1 aromatic heterocycles. The largest absolute Gasteiger partial charge is 0.508 e. The van der Waals surface area contributed by atoms with E-state index in [4.69, 9.17) is 5.73 Å². The zero-order chi connectivity index (χ0) is 45.5. The van der Waals surface area contributed by atoms with Crippen molar-refractivity contribution in [3.63, 3.8) is 0 Å². The molecule has 5 amide bonds. The van der Waals surface area contributed by atoms with Crippen molar-refractivity contribution in [1.29, 1.82) is 0 Å². The molecular formula is C46H62N8O8. The van der Waals surface area contributed by atoms with Gasteiger partial charge in [0.25, 0.3) is 0 Å². The molecule has 0 radical (unpaired) electrons. The minimum absolute atomic E-state index is 0.0257. The molecule has 0 bridgehead atoms. The predicted molar refractivity (Wildman–Crippen MR) is 237 cm³/mol. The van der Waals surface area contributed by atoms with Gasteiger partial charge in [0, 0.05) is 50.5 Å². The number of aromatic amines is 1. The standard InChI is InChI=1S/C46H62N8O8/c1-28(2)40(45(60)54(6)39(46(61)62)25-30-14-8-7-9-15-30)52-42(57)36(18-12-13-23-47)50-43(58)38(26-32-27-49-35-17-11-10-16-34(32)35)53(5)44(59)37(51-41(56)29(3)48-4)24-31-19-21-33(55)22-20-31/h7-11,14-17,19-22,27-29,36-40,48-49,55H,12-13,18,23-26,47H2,1-6H3,(H,50,58)(H,51,56)(H,52,57)(H,61,62)/t29-,36-,37-,38+,39-,40-/m0/s1. The lowest BCUT2D eigenvalue weighted by atomic mass is 9.98. The van der Waals surface area contributed by atoms with Crippen LogP contribution in [0.3, 0.4) is 0 Å². The molecule has 0 aliphatic carbocycles. The van der Waals surface area contributed by atoms with Crippen LogP contribution < -0.4 is 27.0 Å². The molecule has 9 N–H and O–H groups in total. The first-order chi connectivity index (χ1) is 29.6. The van der Waals surface area contributed by atoms with E-state index in [0.717, 1.165) is 26.9 Å². The third kappa shape index (κ3) is 13.1. The van der Waals surface area contributed by atoms with Crippen molar-refractivity contribution < 1.29 is 39.0 Å². The van der Waals surface area contributed by atoms with Gasteiger partial charge >= 0.3 is 5.97 Å². The Labute approximate surface area is 363 Å². The molecule has 16 heteroatoms. The zero-order valence-corrected chi connectivity index (χ0v) is 36.4. The summed E-state index contributed by atoms with van der Waals surface area (Å²) in [5.41, 5.74) is 8.72. The van der Waals surface area contributed by atoms with E-state index >= 15 is 0 Å². The Morgan fingerprint density at radius 3 is 1.94 bits per heavy atom. The highest BCUT2D eigenvalue weighted by atomic mass is 16.4. The van der Waals surface area contributed by atoms with Crippen LogP contribution >= 0.6 is 0 Å². The number of unbranched alkanes of at least 4 members (excludes halogenated alkanes) is 1. The molecule has 3 aromatic carbocycles. The molecule has 334 valence electrons. The van der Waals surface area contributed by atoms with Crippen molar-refractivity contribution in [3.05, 3.63) is 102 Å². The van der Waals surface area contributed by atoms with Gasteiger partial charge in [0.1, 0.15) is 36.0 Å². The number of nitrogens with zero attached hydrogens (tertiary/aromatic N) is 2. The first kappa shape index (κ1) is 48.4. The van der Waals surface area contributed by atoms with Gasteiger partial charge in [-0.05, 0) is 80.6 Å². The monoisotopic (exact) mass is 854 g/mol. The van der Waals surface area contributed by atoms with Gasteiger partial charge in [-0.3, -0.25) is 24.0 Å². The number of carbonyl (C=O) groups is 6. The summed E-state index contributed by atoms with van der Waals surface area (Å²) in [7, 11) is 4.48. The number of aromatic hydroxyl groups is 1. The van der Waals surface area contributed by atoms with E-state index in [2.05, 4.69) is 26.3 Å². The second kappa shape index (κ2) is 23.1. The number of fused-ring (bicyclic) bond motifs is 1. The highest BCUT2D eigenvalue weighted by Crippen LogP contribution is 2.22. The number of amides is 5. The second-order valence-corrected chi connectivity index (χ2v) is 16.0. The summed E-state index contributed by atoms with van der Waals surface area (Å²) in [5.74, 6) is -4.58. The number of para-hydroxylation sites is 1. The zero-order valence-electron chi connectivity index (χ0n) is 36.4. The van der Waals surface area contributed by atoms with Crippen LogP contribution in [-0.4, -0.2) is 124 Å². The van der Waals surface area contributed by atoms with E-state index in [-0.39, 0.29) is 31.4 Å². The van der Waals surface area contributed by atoms with E-state index < -0.39 is 77.7 Å². The molecule has 62 heavy (non-hydrogen) atoms. The molecule has 1 heterocycles. The second-order valence-electron chi connectivity index (χ2n) is 16.0. The Balaban J connectivity index is 1.66. The number of benzene rings is 3. The third-order valence-corrected chi connectivity index (χ3v) is 11.2. The first-order valence-electron chi connectivity index (χ1n) is 21.0. The summed E-state index contributed by atoms with van der Waals surface area (Å²) in [5, 5.41) is 32.3. The predicted octanol–water partition coefficient (Wildman–Crippen LogP) is 2.49. The number of rotatable bonds is 23. The molecule has 0 saturated carbocycles. The van der Waals surface area contributed by atoms with Crippen molar-refractivity contribution in [3.8, 4) is 5.75 Å². The Morgan fingerprint density at radius 2 is 1.31 bits per heavy atom. The Morgan fingerprint density at radius 1 is 0.694 bits per heavy atom. The number of carboxylic acids is 1. The fourth-order valence-corrected chi connectivity index (χ4v) is 7.21. The van der Waals surface area contributed by atoms with Gasteiger partial charge in [-0.1, -0.05) is 74.5 Å². The molecule has 4 aromatic rings. The van der Waals surface area contributed by atoms with E-state index in [0.29, 0.717) is 24.9 Å². The topological polar surface area (TPSA) is 239 Å². The van der Waals surface area contributed by atoms with Gasteiger partial charge in [0.05, 0.1) is 6.04 Å². The van der Waals surface area contributed by atoms with Crippen molar-refractivity contribution in [2.75, 3.05) is 27.7 Å². The fourth-order valence-electron chi connectivity index (χ4n) is 7.21. The van der Waals surface area contributed by atoms with E-state index in [1.807, 2.05) is 30.3 Å². The number of likely N-dealkylation sites (N-methyl/N-ethyl adjacent to an activating group) is 3. The number of phenolic OH excluding ortho intramolecular Hbond substituents is 1. The van der Waals surface area contributed by atoms with Gasteiger partial charge in [0.15, 0.2) is 0 Å². The quantitative estimate of drug-likeness (QED) is 0.0508. The molecule has 0 spiro atoms. The van der Waals surface area contributed by atoms with Gasteiger partial charge in [-0.15, -0.1) is 0 Å². The van der Waals surface area contributed by atoms with Crippen LogP contribution in [0.2, 0.25) is 0 Å². The fraction of sp³-hybridized carbons (Fsp3) is 0.435. The lowest BCUT2D eigenvalue weighted by molar-refractivity contribution is -0.150. The molecule has 0 unspecified atom stereocenters. The number of carbonyl (C=O) groups excluding carboxylic acids is 5. The minimum Gasteiger partial charge on any atom is -0.508 e. The lowest BCUT2D eigenvalue weighted by Gasteiger charge is -2.33. The van der Waals surface area contributed by atoms with Crippen molar-refractivity contribution in [2.45, 2.75) is 95.5 Å². The van der Waals surface area contributed by atoms with Crippen molar-refractivity contribution in [2.24, 2.45) is 11.7 Å². The maximum Gasteiger partial charge on any atom is 0.326 e. The summed E-state index contributed by atoms with van der Waals surface area (Å²) in [4.78, 5) is 88.8. The molecule has 0 saturated heterocycles. The summed E-state index contributed by atoms with van der Waals surface area (Å²) < 4.78 is 0. The lowest BCUT2D eigenvalue weighted by Crippen LogP contribution is -2.60. The van der Waals surface area contributed by atoms with Crippen LogP contribution in [0.15, 0.2) is 85.1 Å². The summed E-state index contributed by atoms with van der Waals surface area (Å²) in [6.45, 7) is 5.44. The van der Waals surface area contributed by atoms with E-state index in [1.54, 1.807) is 70.4 Å². The molecule has 0 aliphatic heterocycles. The van der Waals surface area contributed by atoms with E-state index in [1.165, 1.54) is 31.1 Å². The van der Waals surface area contributed by atoms with Crippen LogP contribution in [0.4, 0.5) is 0 Å². The number of hydrogen-bond donors (Lipinski definition) is 8. The number of nitrogens with one attached hydrogen (secondary N) is 5. The van der Waals surface area contributed by atoms with Gasteiger partial charge < -0.3 is 52.0 Å². The average Bonchev–Trinajstić information content (AvgIpc) is 3.68. The molecule has 0 fully saturated rings. The molecule has 6 atom stereocenters. The van der Waals surface area contributed by atoms with Crippen molar-refractivity contribution in [1.82, 2.24) is 36.1 Å². The van der Waals surface area contributed by atoms with Crippen LogP contribution in [0, 0.1) is 5.92 Å². The highest BCUT2D eigenvalue weighted by molar-refractivity contribution is 5.97. The Hall–Kier alpha value is -6.26. The average molecular weight is 855 g/mol. The summed E-state index contributed by atoms with van der Waals surface area (Å²) in [6.07, 6.45) is 3.01. The Bertz CT molecular complexity index is 2130. The number of aromatic nitrogens is 1. The molecule has 16 nitrogen and oxygen atoms in total. The number of hydrogen-bond acceptors (Lipinski definition) is 9. The maximum atomic E-state index is 14.7. The summed E-state index contributed by atoms with van der Waals surface area (Å²) in [6, 6.07) is 16.2.